The second-order valence-electron chi connectivity index (χ2n) is 6.37. The molecule has 0 radical (unpaired) electrons. The maximum absolute atomic E-state index is 12.8. The highest BCUT2D eigenvalue weighted by atomic mass is 32.1. The van der Waals surface area contributed by atoms with Gasteiger partial charge >= 0.3 is 0 Å². The van der Waals surface area contributed by atoms with Crippen molar-refractivity contribution >= 4 is 17.2 Å². The van der Waals surface area contributed by atoms with Gasteiger partial charge in [-0.25, -0.2) is 0 Å². The van der Waals surface area contributed by atoms with Gasteiger partial charge in [-0.2, -0.15) is 0 Å². The maximum atomic E-state index is 12.8. The number of amides is 1. The van der Waals surface area contributed by atoms with Crippen molar-refractivity contribution in [2.45, 2.75) is 70.6 Å². The van der Waals surface area contributed by atoms with E-state index < -0.39 is 0 Å². The summed E-state index contributed by atoms with van der Waals surface area (Å²) in [6, 6.07) is 4.66. The number of hydrogen-bond acceptors (Lipinski definition) is 3. The number of nitrogens with zero attached hydrogens (tertiary/aromatic N) is 1. The van der Waals surface area contributed by atoms with Crippen molar-refractivity contribution in [1.29, 1.82) is 0 Å². The number of thiophene rings is 1. The van der Waals surface area contributed by atoms with E-state index in [0.29, 0.717) is 11.9 Å². The van der Waals surface area contributed by atoms with E-state index in [1.807, 2.05) is 0 Å². The van der Waals surface area contributed by atoms with Gasteiger partial charge in [0.1, 0.15) is 6.17 Å². The van der Waals surface area contributed by atoms with Crippen molar-refractivity contribution in [3.05, 3.63) is 22.4 Å². The van der Waals surface area contributed by atoms with Gasteiger partial charge in [0.05, 0.1) is 6.04 Å². The van der Waals surface area contributed by atoms with Gasteiger partial charge in [-0.1, -0.05) is 26.3 Å². The molecule has 3 nitrogen and oxygen atoms in total. The standard InChI is InChI=1S/C17H26N2OS/c1-3-12-7-9-13(10-8-12)19-16(15-6-5-11-21-15)18-14(4-2)17(19)20/h5-6,11-14,16,18H,3-4,7-10H2,1-2H3. The molecule has 2 fully saturated rings. The summed E-state index contributed by atoms with van der Waals surface area (Å²) in [7, 11) is 0. The Morgan fingerprint density at radius 2 is 2.00 bits per heavy atom. The van der Waals surface area contributed by atoms with Crippen molar-refractivity contribution in [2.75, 3.05) is 0 Å². The van der Waals surface area contributed by atoms with Gasteiger partial charge in [-0.3, -0.25) is 10.1 Å². The lowest BCUT2D eigenvalue weighted by Gasteiger charge is -2.37. The highest BCUT2D eigenvalue weighted by Crippen LogP contribution is 2.37. The molecule has 0 bridgehead atoms. The number of carbonyl (C=O) groups excluding carboxylic acids is 1. The Balaban J connectivity index is 1.78. The van der Waals surface area contributed by atoms with Crippen molar-refractivity contribution in [3.8, 4) is 0 Å². The lowest BCUT2D eigenvalue weighted by Crippen LogP contribution is -2.42. The van der Waals surface area contributed by atoms with E-state index in [2.05, 4.69) is 41.6 Å². The second-order valence-corrected chi connectivity index (χ2v) is 7.35. The molecule has 2 unspecified atom stereocenters. The van der Waals surface area contributed by atoms with E-state index in [4.69, 9.17) is 0 Å². The molecule has 4 heteroatoms. The molecule has 1 saturated carbocycles. The summed E-state index contributed by atoms with van der Waals surface area (Å²) in [5.41, 5.74) is 0. The minimum atomic E-state index is 0.000925. The topological polar surface area (TPSA) is 32.3 Å². The fraction of sp³-hybridized carbons (Fsp3) is 0.706. The zero-order valence-corrected chi connectivity index (χ0v) is 13.9. The summed E-state index contributed by atoms with van der Waals surface area (Å²) in [5, 5.41) is 5.66. The van der Waals surface area contributed by atoms with E-state index in [1.165, 1.54) is 37.0 Å². The van der Waals surface area contributed by atoms with E-state index in [0.717, 1.165) is 12.3 Å². The van der Waals surface area contributed by atoms with E-state index >= 15 is 0 Å². The van der Waals surface area contributed by atoms with Crippen LogP contribution in [0.1, 0.15) is 63.4 Å². The van der Waals surface area contributed by atoms with Crippen LogP contribution >= 0.6 is 11.3 Å². The Morgan fingerprint density at radius 1 is 1.24 bits per heavy atom. The van der Waals surface area contributed by atoms with Gasteiger partial charge in [0, 0.05) is 10.9 Å². The minimum Gasteiger partial charge on any atom is -0.318 e. The Bertz CT molecular complexity index is 465. The Hall–Kier alpha value is -0.870. The van der Waals surface area contributed by atoms with E-state index in [-0.39, 0.29) is 12.2 Å². The Labute approximate surface area is 131 Å². The monoisotopic (exact) mass is 306 g/mol. The Morgan fingerprint density at radius 3 is 2.57 bits per heavy atom. The zero-order chi connectivity index (χ0) is 14.8. The molecule has 1 aromatic rings. The van der Waals surface area contributed by atoms with E-state index in [9.17, 15) is 4.79 Å². The van der Waals surface area contributed by atoms with Crippen molar-refractivity contribution < 1.29 is 4.79 Å². The lowest BCUT2D eigenvalue weighted by molar-refractivity contribution is -0.133. The number of hydrogen-bond donors (Lipinski definition) is 1. The molecule has 1 amide bonds. The maximum Gasteiger partial charge on any atom is 0.241 e. The predicted octanol–water partition coefficient (Wildman–Crippen LogP) is 3.93. The first-order valence-corrected chi connectivity index (χ1v) is 9.24. The smallest absolute Gasteiger partial charge is 0.241 e. The molecule has 3 rings (SSSR count). The summed E-state index contributed by atoms with van der Waals surface area (Å²) in [6.45, 7) is 4.38. The van der Waals surface area contributed by atoms with Crippen LogP contribution in [-0.4, -0.2) is 22.9 Å². The molecule has 2 heterocycles. The molecular formula is C17H26N2OS. The van der Waals surface area contributed by atoms with Crippen LogP contribution < -0.4 is 5.32 Å². The van der Waals surface area contributed by atoms with Crippen LogP contribution in [0.2, 0.25) is 0 Å². The Kier molecular flexibility index (Phi) is 4.65. The molecule has 1 N–H and O–H groups in total. The molecule has 116 valence electrons. The number of nitrogens with one attached hydrogen (secondary N) is 1. The first-order valence-electron chi connectivity index (χ1n) is 8.36. The number of rotatable bonds is 4. The quantitative estimate of drug-likeness (QED) is 0.914. The van der Waals surface area contributed by atoms with Crippen LogP contribution in [0.25, 0.3) is 0 Å². The van der Waals surface area contributed by atoms with E-state index in [1.54, 1.807) is 11.3 Å². The lowest BCUT2D eigenvalue weighted by atomic mass is 9.83. The van der Waals surface area contributed by atoms with Crippen LogP contribution in [0, 0.1) is 5.92 Å². The highest BCUT2D eigenvalue weighted by molar-refractivity contribution is 7.10. The van der Waals surface area contributed by atoms with Gasteiger partial charge in [-0.15, -0.1) is 11.3 Å². The van der Waals surface area contributed by atoms with Crippen LogP contribution in [0.3, 0.4) is 0 Å². The third kappa shape index (κ3) is 2.88. The molecule has 0 spiro atoms. The summed E-state index contributed by atoms with van der Waals surface area (Å²) in [4.78, 5) is 16.2. The average molecular weight is 306 g/mol. The predicted molar refractivity (Wildman–Crippen MR) is 87.2 cm³/mol. The van der Waals surface area contributed by atoms with Gasteiger partial charge in [0.25, 0.3) is 0 Å². The zero-order valence-electron chi connectivity index (χ0n) is 13.0. The number of carbonyl (C=O) groups is 1. The van der Waals surface area contributed by atoms with Gasteiger partial charge in [-0.05, 0) is 49.5 Å². The van der Waals surface area contributed by atoms with Crippen molar-refractivity contribution in [1.82, 2.24) is 10.2 Å². The second kappa shape index (κ2) is 6.49. The summed E-state index contributed by atoms with van der Waals surface area (Å²) >= 11 is 1.75. The summed E-state index contributed by atoms with van der Waals surface area (Å²) in [5.74, 6) is 1.19. The molecular weight excluding hydrogens is 280 g/mol. The third-order valence-electron chi connectivity index (χ3n) is 5.20. The van der Waals surface area contributed by atoms with Crippen LogP contribution in [0.15, 0.2) is 17.5 Å². The largest absolute Gasteiger partial charge is 0.318 e. The van der Waals surface area contributed by atoms with Crippen molar-refractivity contribution in [3.63, 3.8) is 0 Å². The van der Waals surface area contributed by atoms with Gasteiger partial charge < -0.3 is 4.90 Å². The third-order valence-corrected chi connectivity index (χ3v) is 6.12. The molecule has 2 atom stereocenters. The van der Waals surface area contributed by atoms with Crippen molar-refractivity contribution in [2.24, 2.45) is 5.92 Å². The average Bonchev–Trinajstić information content (AvgIpc) is 3.15. The summed E-state index contributed by atoms with van der Waals surface area (Å²) < 4.78 is 0. The molecule has 1 aliphatic heterocycles. The first kappa shape index (κ1) is 15.0. The van der Waals surface area contributed by atoms with Crippen LogP contribution in [-0.2, 0) is 4.79 Å². The molecule has 1 aromatic heterocycles. The van der Waals surface area contributed by atoms with Gasteiger partial charge in [0.2, 0.25) is 5.91 Å². The first-order chi connectivity index (χ1) is 10.2. The van der Waals surface area contributed by atoms with Crippen LogP contribution in [0.4, 0.5) is 0 Å². The molecule has 0 aromatic carbocycles. The van der Waals surface area contributed by atoms with Crippen LogP contribution in [0.5, 0.6) is 0 Å². The fourth-order valence-electron chi connectivity index (χ4n) is 3.83. The van der Waals surface area contributed by atoms with Gasteiger partial charge in [0.15, 0.2) is 0 Å². The molecule has 21 heavy (non-hydrogen) atoms. The molecule has 1 aliphatic carbocycles. The summed E-state index contributed by atoms with van der Waals surface area (Å²) in [6.07, 6.45) is 7.16. The SMILES string of the molecule is CCC1CCC(N2C(=O)C(CC)NC2c2cccs2)CC1. The minimum absolute atomic E-state index is 0.000925. The molecule has 1 saturated heterocycles. The molecule has 2 aliphatic rings. The fourth-order valence-corrected chi connectivity index (χ4v) is 4.61. The normalized spacial score (nSPS) is 33.6. The highest BCUT2D eigenvalue weighted by Gasteiger charge is 2.43.